The van der Waals surface area contributed by atoms with Crippen LogP contribution < -0.4 is 5.32 Å². The molecule has 1 aromatic rings. The van der Waals surface area contributed by atoms with Gasteiger partial charge in [0.15, 0.2) is 0 Å². The van der Waals surface area contributed by atoms with E-state index in [9.17, 15) is 4.79 Å². The molecule has 14 heavy (non-hydrogen) atoms. The molecule has 76 valence electrons. The first-order valence-electron chi connectivity index (χ1n) is 4.69. The highest BCUT2D eigenvalue weighted by Crippen LogP contribution is 2.13. The molecule has 2 unspecified atom stereocenters. The molecule has 5 heteroatoms. The molecule has 2 N–H and O–H groups in total. The van der Waals surface area contributed by atoms with Gasteiger partial charge in [0.05, 0.1) is 12.3 Å². The number of H-pyrrole nitrogens is 1. The van der Waals surface area contributed by atoms with Gasteiger partial charge in [-0.3, -0.25) is 15.2 Å². The standard InChI is InChI=1S/C9H13N3O2/c1-6(7-2-4-10-12-7)11-8-3-5-14-9(8)13/h2,4,6,8,11H,3,5H2,1H3,(H,10,12). The number of hydrogen-bond donors (Lipinski definition) is 2. The zero-order valence-corrected chi connectivity index (χ0v) is 7.99. The van der Waals surface area contributed by atoms with Crippen LogP contribution in [-0.4, -0.2) is 28.8 Å². The molecular weight excluding hydrogens is 182 g/mol. The third kappa shape index (κ3) is 1.77. The molecule has 5 nitrogen and oxygen atoms in total. The number of cyclic esters (lactones) is 1. The summed E-state index contributed by atoms with van der Waals surface area (Å²) in [5.74, 6) is -0.156. The predicted octanol–water partition coefficient (Wildman–Crippen LogP) is 0.376. The number of aromatic nitrogens is 2. The van der Waals surface area contributed by atoms with E-state index in [1.807, 2.05) is 13.0 Å². The molecule has 1 aliphatic rings. The van der Waals surface area contributed by atoms with Crippen LogP contribution in [0.25, 0.3) is 0 Å². The first kappa shape index (κ1) is 9.21. The number of nitrogens with one attached hydrogen (secondary N) is 2. The molecule has 1 fully saturated rings. The summed E-state index contributed by atoms with van der Waals surface area (Å²) in [6.45, 7) is 2.51. The number of aromatic amines is 1. The molecule has 0 saturated carbocycles. The Bertz CT molecular complexity index is 310. The summed E-state index contributed by atoms with van der Waals surface area (Å²) in [6.07, 6.45) is 2.44. The summed E-state index contributed by atoms with van der Waals surface area (Å²) in [4.78, 5) is 11.2. The van der Waals surface area contributed by atoms with E-state index in [-0.39, 0.29) is 18.1 Å². The Labute approximate surface area is 81.8 Å². The fraction of sp³-hybridized carbons (Fsp3) is 0.556. The normalized spacial score (nSPS) is 23.5. The van der Waals surface area contributed by atoms with Crippen LogP contribution in [0.1, 0.15) is 25.1 Å². The Kier molecular flexibility index (Phi) is 2.49. The number of ether oxygens (including phenoxy) is 1. The first-order chi connectivity index (χ1) is 6.77. The lowest BCUT2D eigenvalue weighted by Gasteiger charge is -2.14. The van der Waals surface area contributed by atoms with Crippen molar-refractivity contribution in [2.75, 3.05) is 6.61 Å². The number of hydrogen-bond acceptors (Lipinski definition) is 4. The Morgan fingerprint density at radius 1 is 1.79 bits per heavy atom. The van der Waals surface area contributed by atoms with Crippen molar-refractivity contribution in [2.24, 2.45) is 0 Å². The number of rotatable bonds is 3. The van der Waals surface area contributed by atoms with Crippen molar-refractivity contribution in [3.05, 3.63) is 18.0 Å². The van der Waals surface area contributed by atoms with Gasteiger partial charge in [0.1, 0.15) is 6.04 Å². The second kappa shape index (κ2) is 3.79. The Balaban J connectivity index is 1.94. The molecule has 2 atom stereocenters. The number of carbonyl (C=O) groups is 1. The quantitative estimate of drug-likeness (QED) is 0.684. The fourth-order valence-corrected chi connectivity index (χ4v) is 1.55. The molecule has 0 radical (unpaired) electrons. The van der Waals surface area contributed by atoms with Gasteiger partial charge < -0.3 is 4.74 Å². The second-order valence-electron chi connectivity index (χ2n) is 3.41. The van der Waals surface area contributed by atoms with Crippen LogP contribution in [0.2, 0.25) is 0 Å². The lowest BCUT2D eigenvalue weighted by Crippen LogP contribution is -2.35. The highest BCUT2D eigenvalue weighted by molar-refractivity contribution is 5.77. The zero-order valence-electron chi connectivity index (χ0n) is 7.99. The molecule has 0 amide bonds. The van der Waals surface area contributed by atoms with Crippen LogP contribution >= 0.6 is 0 Å². The van der Waals surface area contributed by atoms with Crippen LogP contribution in [-0.2, 0) is 9.53 Å². The Morgan fingerprint density at radius 2 is 2.64 bits per heavy atom. The van der Waals surface area contributed by atoms with E-state index in [0.717, 1.165) is 12.1 Å². The van der Waals surface area contributed by atoms with Gasteiger partial charge >= 0.3 is 5.97 Å². The predicted molar refractivity (Wildman–Crippen MR) is 49.5 cm³/mol. The molecule has 0 aliphatic carbocycles. The summed E-state index contributed by atoms with van der Waals surface area (Å²) in [6, 6.07) is 1.80. The monoisotopic (exact) mass is 195 g/mol. The molecule has 0 spiro atoms. The molecule has 2 rings (SSSR count). The highest BCUT2D eigenvalue weighted by Gasteiger charge is 2.27. The van der Waals surface area contributed by atoms with Gasteiger partial charge in [0.2, 0.25) is 0 Å². The van der Waals surface area contributed by atoms with Gasteiger partial charge in [-0.1, -0.05) is 0 Å². The highest BCUT2D eigenvalue weighted by atomic mass is 16.5. The van der Waals surface area contributed by atoms with E-state index < -0.39 is 0 Å². The van der Waals surface area contributed by atoms with Crippen LogP contribution in [0.5, 0.6) is 0 Å². The minimum absolute atomic E-state index is 0.0909. The molecule has 0 aromatic carbocycles. The van der Waals surface area contributed by atoms with E-state index in [1.54, 1.807) is 6.20 Å². The Morgan fingerprint density at radius 3 is 3.21 bits per heavy atom. The van der Waals surface area contributed by atoms with E-state index in [4.69, 9.17) is 4.74 Å². The summed E-state index contributed by atoms with van der Waals surface area (Å²) >= 11 is 0. The number of carbonyl (C=O) groups excluding carboxylic acids is 1. The largest absolute Gasteiger partial charge is 0.464 e. The topological polar surface area (TPSA) is 67.0 Å². The van der Waals surface area contributed by atoms with E-state index in [2.05, 4.69) is 15.5 Å². The summed E-state index contributed by atoms with van der Waals surface area (Å²) in [5.41, 5.74) is 0.977. The minimum atomic E-state index is -0.173. The van der Waals surface area contributed by atoms with E-state index >= 15 is 0 Å². The summed E-state index contributed by atoms with van der Waals surface area (Å²) < 4.78 is 4.86. The number of nitrogens with zero attached hydrogens (tertiary/aromatic N) is 1. The third-order valence-corrected chi connectivity index (χ3v) is 2.38. The van der Waals surface area contributed by atoms with Gasteiger partial charge in [0.25, 0.3) is 0 Å². The van der Waals surface area contributed by atoms with Crippen molar-refractivity contribution in [1.82, 2.24) is 15.5 Å². The number of esters is 1. The van der Waals surface area contributed by atoms with Crippen LogP contribution in [0.3, 0.4) is 0 Å². The van der Waals surface area contributed by atoms with Crippen molar-refractivity contribution in [3.63, 3.8) is 0 Å². The summed E-state index contributed by atoms with van der Waals surface area (Å²) in [5, 5.41) is 9.90. The van der Waals surface area contributed by atoms with Crippen LogP contribution in [0.15, 0.2) is 12.3 Å². The van der Waals surface area contributed by atoms with E-state index in [1.165, 1.54) is 0 Å². The lowest BCUT2D eigenvalue weighted by molar-refractivity contribution is -0.139. The van der Waals surface area contributed by atoms with Gasteiger partial charge in [-0.25, -0.2) is 0 Å². The van der Waals surface area contributed by atoms with Gasteiger partial charge in [-0.2, -0.15) is 5.10 Å². The Hall–Kier alpha value is -1.36. The average Bonchev–Trinajstić information content (AvgIpc) is 2.77. The average molecular weight is 195 g/mol. The molecule has 1 saturated heterocycles. The van der Waals surface area contributed by atoms with Crippen LogP contribution in [0.4, 0.5) is 0 Å². The molecule has 1 aliphatic heterocycles. The van der Waals surface area contributed by atoms with Crippen molar-refractivity contribution < 1.29 is 9.53 Å². The molecule has 1 aromatic heterocycles. The molecule has 0 bridgehead atoms. The van der Waals surface area contributed by atoms with E-state index in [0.29, 0.717) is 6.61 Å². The lowest BCUT2D eigenvalue weighted by atomic mass is 10.2. The maximum atomic E-state index is 11.2. The first-order valence-corrected chi connectivity index (χ1v) is 4.69. The zero-order chi connectivity index (χ0) is 9.97. The van der Waals surface area contributed by atoms with Crippen molar-refractivity contribution in [2.45, 2.75) is 25.4 Å². The molecule has 2 heterocycles. The maximum absolute atomic E-state index is 11.2. The molecular formula is C9H13N3O2. The maximum Gasteiger partial charge on any atom is 0.323 e. The van der Waals surface area contributed by atoms with Gasteiger partial charge in [0, 0.05) is 18.7 Å². The summed E-state index contributed by atoms with van der Waals surface area (Å²) in [7, 11) is 0. The van der Waals surface area contributed by atoms with Gasteiger partial charge in [-0.15, -0.1) is 0 Å². The van der Waals surface area contributed by atoms with Crippen molar-refractivity contribution in [1.29, 1.82) is 0 Å². The SMILES string of the molecule is CC(NC1CCOC1=O)c1ccn[nH]1. The smallest absolute Gasteiger partial charge is 0.323 e. The fourth-order valence-electron chi connectivity index (χ4n) is 1.55. The van der Waals surface area contributed by atoms with Crippen molar-refractivity contribution in [3.8, 4) is 0 Å². The van der Waals surface area contributed by atoms with Crippen molar-refractivity contribution >= 4 is 5.97 Å². The third-order valence-electron chi connectivity index (χ3n) is 2.38. The van der Waals surface area contributed by atoms with Crippen LogP contribution in [0, 0.1) is 0 Å². The second-order valence-corrected chi connectivity index (χ2v) is 3.41. The minimum Gasteiger partial charge on any atom is -0.464 e. The van der Waals surface area contributed by atoms with Gasteiger partial charge in [-0.05, 0) is 13.0 Å².